The van der Waals surface area contributed by atoms with Crippen molar-refractivity contribution in [1.29, 1.82) is 0 Å². The van der Waals surface area contributed by atoms with Gasteiger partial charge in [-0.15, -0.1) is 0 Å². The lowest BCUT2D eigenvalue weighted by Crippen LogP contribution is -2.52. The Morgan fingerprint density at radius 1 is 1.19 bits per heavy atom. The first-order valence-electron chi connectivity index (χ1n) is 9.61. The lowest BCUT2D eigenvalue weighted by Gasteiger charge is -2.35. The molecule has 0 radical (unpaired) electrons. The molecule has 1 fully saturated rings. The SMILES string of the molecule is CCOC(=O)N1CCC(NC(=O)C(C)N2CCc3ccccc3C2)CC1. The van der Waals surface area contributed by atoms with Gasteiger partial charge in [-0.1, -0.05) is 24.3 Å². The van der Waals surface area contributed by atoms with Crippen LogP contribution in [0, 0.1) is 0 Å². The van der Waals surface area contributed by atoms with E-state index in [-0.39, 0.29) is 24.1 Å². The van der Waals surface area contributed by atoms with Gasteiger partial charge in [0.2, 0.25) is 5.91 Å². The zero-order valence-electron chi connectivity index (χ0n) is 15.7. The van der Waals surface area contributed by atoms with Crippen LogP contribution in [-0.2, 0) is 22.5 Å². The van der Waals surface area contributed by atoms with Crippen molar-refractivity contribution in [2.24, 2.45) is 0 Å². The van der Waals surface area contributed by atoms with Crippen LogP contribution in [0.1, 0.15) is 37.8 Å². The Balaban J connectivity index is 1.47. The molecule has 1 N–H and O–H groups in total. The van der Waals surface area contributed by atoms with E-state index >= 15 is 0 Å². The summed E-state index contributed by atoms with van der Waals surface area (Å²) in [5.74, 6) is 0.0824. The van der Waals surface area contributed by atoms with Gasteiger partial charge >= 0.3 is 6.09 Å². The van der Waals surface area contributed by atoms with Crippen molar-refractivity contribution < 1.29 is 14.3 Å². The van der Waals surface area contributed by atoms with Gasteiger partial charge in [0.25, 0.3) is 0 Å². The highest BCUT2D eigenvalue weighted by Crippen LogP contribution is 2.20. The van der Waals surface area contributed by atoms with E-state index in [4.69, 9.17) is 4.74 Å². The number of hydrogen-bond acceptors (Lipinski definition) is 4. The first-order valence-corrected chi connectivity index (χ1v) is 9.61. The molecule has 6 nitrogen and oxygen atoms in total. The van der Waals surface area contributed by atoms with Crippen molar-refractivity contribution >= 4 is 12.0 Å². The molecule has 1 unspecified atom stereocenters. The lowest BCUT2D eigenvalue weighted by molar-refractivity contribution is -0.127. The van der Waals surface area contributed by atoms with Crippen LogP contribution in [0.4, 0.5) is 4.79 Å². The fraction of sp³-hybridized carbons (Fsp3) is 0.600. The van der Waals surface area contributed by atoms with Crippen molar-refractivity contribution in [2.75, 3.05) is 26.2 Å². The number of carbonyl (C=O) groups excluding carboxylic acids is 2. The summed E-state index contributed by atoms with van der Waals surface area (Å²) in [6.07, 6.45) is 2.30. The smallest absolute Gasteiger partial charge is 0.409 e. The number of hydrogen-bond donors (Lipinski definition) is 1. The topological polar surface area (TPSA) is 61.9 Å². The van der Waals surface area contributed by atoms with Crippen LogP contribution >= 0.6 is 0 Å². The number of carbonyl (C=O) groups is 2. The second-order valence-electron chi connectivity index (χ2n) is 7.13. The molecule has 2 heterocycles. The highest BCUT2D eigenvalue weighted by atomic mass is 16.6. The minimum atomic E-state index is -0.252. The average molecular weight is 359 g/mol. The number of amides is 2. The predicted molar refractivity (Wildman–Crippen MR) is 99.8 cm³/mol. The van der Waals surface area contributed by atoms with Gasteiger partial charge in [0.1, 0.15) is 0 Å². The Kier molecular flexibility index (Phi) is 6.14. The number of nitrogens with zero attached hydrogens (tertiary/aromatic N) is 2. The number of likely N-dealkylation sites (tertiary alicyclic amines) is 1. The number of ether oxygens (including phenoxy) is 1. The van der Waals surface area contributed by atoms with Gasteiger partial charge in [0.15, 0.2) is 0 Å². The van der Waals surface area contributed by atoms with Gasteiger partial charge in [-0.2, -0.15) is 0 Å². The maximum absolute atomic E-state index is 12.7. The number of benzene rings is 1. The molecule has 1 aromatic rings. The van der Waals surface area contributed by atoms with Crippen molar-refractivity contribution in [1.82, 2.24) is 15.1 Å². The van der Waals surface area contributed by atoms with E-state index in [1.54, 1.807) is 4.90 Å². The molecule has 6 heteroatoms. The molecule has 1 atom stereocenters. The van der Waals surface area contributed by atoms with Crippen molar-refractivity contribution in [3.63, 3.8) is 0 Å². The summed E-state index contributed by atoms with van der Waals surface area (Å²) in [5, 5.41) is 3.17. The zero-order chi connectivity index (χ0) is 18.5. The van der Waals surface area contributed by atoms with Crippen molar-refractivity contribution in [3.05, 3.63) is 35.4 Å². The minimum Gasteiger partial charge on any atom is -0.450 e. The van der Waals surface area contributed by atoms with Crippen LogP contribution in [0.25, 0.3) is 0 Å². The Bertz CT molecular complexity index is 641. The average Bonchev–Trinajstić information content (AvgIpc) is 2.67. The molecular weight excluding hydrogens is 330 g/mol. The normalized spacial score (nSPS) is 19.5. The summed E-state index contributed by atoms with van der Waals surface area (Å²) < 4.78 is 5.04. The van der Waals surface area contributed by atoms with Gasteiger partial charge in [-0.25, -0.2) is 4.79 Å². The number of piperidine rings is 1. The fourth-order valence-corrected chi connectivity index (χ4v) is 3.76. The first-order chi connectivity index (χ1) is 12.6. The molecule has 0 aliphatic carbocycles. The van der Waals surface area contributed by atoms with Crippen molar-refractivity contribution in [3.8, 4) is 0 Å². The molecular formula is C20H29N3O3. The Hall–Kier alpha value is -2.08. The summed E-state index contributed by atoms with van der Waals surface area (Å²) in [5.41, 5.74) is 2.71. The molecule has 0 aromatic heterocycles. The molecule has 2 aliphatic heterocycles. The molecule has 2 aliphatic rings. The van der Waals surface area contributed by atoms with E-state index in [1.807, 2.05) is 13.8 Å². The summed E-state index contributed by atoms with van der Waals surface area (Å²) >= 11 is 0. The molecule has 1 saturated heterocycles. The van der Waals surface area contributed by atoms with Gasteiger partial charge in [0, 0.05) is 32.2 Å². The lowest BCUT2D eigenvalue weighted by atomic mass is 9.98. The van der Waals surface area contributed by atoms with Gasteiger partial charge in [-0.05, 0) is 44.2 Å². The third-order valence-corrected chi connectivity index (χ3v) is 5.45. The van der Waals surface area contributed by atoms with E-state index in [1.165, 1.54) is 11.1 Å². The zero-order valence-corrected chi connectivity index (χ0v) is 15.7. The number of nitrogens with one attached hydrogen (secondary N) is 1. The Labute approximate surface area is 155 Å². The van der Waals surface area contributed by atoms with Crippen LogP contribution in [0.15, 0.2) is 24.3 Å². The van der Waals surface area contributed by atoms with E-state index in [2.05, 4.69) is 34.5 Å². The quantitative estimate of drug-likeness (QED) is 0.895. The second-order valence-corrected chi connectivity index (χ2v) is 7.13. The number of fused-ring (bicyclic) bond motifs is 1. The maximum Gasteiger partial charge on any atom is 0.409 e. The van der Waals surface area contributed by atoms with E-state index in [0.717, 1.165) is 32.4 Å². The summed E-state index contributed by atoms with van der Waals surface area (Å²) in [6.45, 7) is 7.19. The van der Waals surface area contributed by atoms with Crippen LogP contribution < -0.4 is 5.32 Å². The molecule has 1 aromatic carbocycles. The largest absolute Gasteiger partial charge is 0.450 e. The first kappa shape index (κ1) is 18.7. The van der Waals surface area contributed by atoms with Crippen LogP contribution in [0.3, 0.4) is 0 Å². The number of rotatable bonds is 4. The van der Waals surface area contributed by atoms with Crippen LogP contribution in [0.5, 0.6) is 0 Å². The molecule has 0 saturated carbocycles. The summed E-state index contributed by atoms with van der Waals surface area (Å²) in [6, 6.07) is 8.45. The monoisotopic (exact) mass is 359 g/mol. The van der Waals surface area contributed by atoms with Gasteiger partial charge < -0.3 is 15.0 Å². The summed E-state index contributed by atoms with van der Waals surface area (Å²) in [4.78, 5) is 28.4. The summed E-state index contributed by atoms with van der Waals surface area (Å²) in [7, 11) is 0. The molecule has 26 heavy (non-hydrogen) atoms. The maximum atomic E-state index is 12.7. The minimum absolute atomic E-state index is 0.0824. The van der Waals surface area contributed by atoms with Gasteiger partial charge in [0.05, 0.1) is 12.6 Å². The third kappa shape index (κ3) is 4.36. The highest BCUT2D eigenvalue weighted by molar-refractivity contribution is 5.81. The van der Waals surface area contributed by atoms with E-state index < -0.39 is 0 Å². The molecule has 0 bridgehead atoms. The Morgan fingerprint density at radius 2 is 1.88 bits per heavy atom. The molecule has 142 valence electrons. The predicted octanol–water partition coefficient (Wildman–Crippen LogP) is 2.17. The van der Waals surface area contributed by atoms with E-state index in [0.29, 0.717) is 19.7 Å². The van der Waals surface area contributed by atoms with E-state index in [9.17, 15) is 9.59 Å². The third-order valence-electron chi connectivity index (χ3n) is 5.45. The fourth-order valence-electron chi connectivity index (χ4n) is 3.76. The highest BCUT2D eigenvalue weighted by Gasteiger charge is 2.29. The molecule has 0 spiro atoms. The van der Waals surface area contributed by atoms with Crippen LogP contribution in [0.2, 0.25) is 0 Å². The molecule has 3 rings (SSSR count). The molecule has 2 amide bonds. The standard InChI is InChI=1S/C20H29N3O3/c1-3-26-20(25)22-12-9-18(10-13-22)21-19(24)15(2)23-11-8-16-6-4-5-7-17(16)14-23/h4-7,15,18H,3,8-14H2,1-2H3,(H,21,24). The Morgan fingerprint density at radius 3 is 2.58 bits per heavy atom. The second kappa shape index (κ2) is 8.54. The van der Waals surface area contributed by atoms with Crippen LogP contribution in [-0.4, -0.2) is 60.1 Å². The van der Waals surface area contributed by atoms with Crippen molar-refractivity contribution in [2.45, 2.75) is 51.7 Å². The van der Waals surface area contributed by atoms with Gasteiger partial charge in [-0.3, -0.25) is 9.69 Å².